The number of carbonyl (C=O) groups excluding carboxylic acids is 5. The standard InChI is InChI=1S/C22H24N2O8.C18H19N3O.C12H15Cl2NO5S/c1-21(31)8-5-4-6-11(25)12(8)16(26)13-9(21)7-10-15(24(2)3)17(27)14(20(23)30)19(29)22(10,32)18(13)28;1-12-19-9-10-21(12)11-13-7-8-16-17(18(13)22)14-5-3-4-6-15(14)20(16)2;1-21(19,20)8-4-2-7(3-5-8)10(17)9(6-16)15-12(18)11(13)14/h4-6,9-10,15,25-26,29,31-32H,7H2,1-3H3,(H2,23,30);3-6,9-10,13H,7-8,11H2,1-2H3;2-5,9-11,16-17H,6H2,1H3,(H,15,18)/t9-,10-,15-,21+,22-;;9-,10-/m0.1/s1. The number of aromatic nitrogens is 3. The number of fused-ring (bicyclic) bond motifs is 6. The van der Waals surface area contributed by atoms with E-state index >= 15 is 0 Å². The van der Waals surface area contributed by atoms with Gasteiger partial charge in [0.2, 0.25) is 5.78 Å². The largest absolute Gasteiger partial charge is 0.508 e. The second-order valence-electron chi connectivity index (χ2n) is 19.5. The Morgan fingerprint density at radius 1 is 0.973 bits per heavy atom. The Balaban J connectivity index is 0.000000170. The summed E-state index contributed by atoms with van der Waals surface area (Å²) in [6, 6.07) is 15.7. The Bertz CT molecular complexity index is 3290. The molecule has 8 atom stereocenters. The number of sulfone groups is 1. The maximum Gasteiger partial charge on any atom is 0.255 e. The van der Waals surface area contributed by atoms with E-state index in [4.69, 9.17) is 28.9 Å². The summed E-state index contributed by atoms with van der Waals surface area (Å²) < 4.78 is 26.9. The third kappa shape index (κ3) is 10.1. The molecule has 2 heterocycles. The number of benzene rings is 3. The number of carbonyl (C=O) groups is 5. The van der Waals surface area contributed by atoms with Gasteiger partial charge in [-0.05, 0) is 82.6 Å². The molecule has 0 saturated heterocycles. The van der Waals surface area contributed by atoms with Gasteiger partial charge in [0.1, 0.15) is 34.8 Å². The van der Waals surface area contributed by atoms with Crippen molar-refractivity contribution in [3.8, 4) is 5.75 Å². The molecule has 400 valence electrons. The lowest BCUT2D eigenvalue weighted by molar-refractivity contribution is -0.159. The third-order valence-electron chi connectivity index (χ3n) is 14.7. The van der Waals surface area contributed by atoms with Crippen molar-refractivity contribution in [2.24, 2.45) is 30.5 Å². The number of aliphatic hydroxyl groups excluding tert-OH is 4. The molecule has 5 aromatic rings. The lowest BCUT2D eigenvalue weighted by atomic mass is 9.54. The third-order valence-corrected chi connectivity index (χ3v) is 16.2. The topological polar surface area (TPSA) is 325 Å². The zero-order valence-electron chi connectivity index (χ0n) is 41.6. The number of rotatable bonds is 10. The minimum Gasteiger partial charge on any atom is -0.508 e. The summed E-state index contributed by atoms with van der Waals surface area (Å²) in [5.41, 5.74) is 3.06. The van der Waals surface area contributed by atoms with Gasteiger partial charge in [0.15, 0.2) is 31.8 Å². The number of hydrogen-bond acceptors (Lipinski definition) is 16. The molecular weight excluding hydrogens is 1040 g/mol. The van der Waals surface area contributed by atoms with Gasteiger partial charge in [-0.25, -0.2) is 13.4 Å². The maximum absolute atomic E-state index is 13.7. The Labute approximate surface area is 441 Å². The van der Waals surface area contributed by atoms with Crippen molar-refractivity contribution in [1.82, 2.24) is 24.3 Å². The number of imidazole rings is 1. The quantitative estimate of drug-likeness (QED) is 0.0717. The van der Waals surface area contributed by atoms with Gasteiger partial charge >= 0.3 is 0 Å². The molecule has 1 saturated carbocycles. The Kier molecular flexibility index (Phi) is 16.0. The number of aromatic hydroxyl groups is 1. The van der Waals surface area contributed by atoms with Gasteiger partial charge < -0.3 is 55.9 Å². The van der Waals surface area contributed by atoms with E-state index in [9.17, 15) is 68.1 Å². The van der Waals surface area contributed by atoms with Crippen LogP contribution < -0.4 is 11.1 Å². The van der Waals surface area contributed by atoms with E-state index in [1.54, 1.807) is 6.20 Å². The molecule has 75 heavy (non-hydrogen) atoms. The van der Waals surface area contributed by atoms with E-state index in [0.717, 1.165) is 47.9 Å². The highest BCUT2D eigenvalue weighted by atomic mass is 35.5. The summed E-state index contributed by atoms with van der Waals surface area (Å²) in [7, 11) is 1.73. The first kappa shape index (κ1) is 56.3. The minimum atomic E-state index is -3.34. The van der Waals surface area contributed by atoms with Crippen molar-refractivity contribution in [2.75, 3.05) is 27.0 Å². The van der Waals surface area contributed by atoms with Crippen LogP contribution in [0.15, 0.2) is 101 Å². The molecular formula is C52H58Cl2N6O14S. The molecule has 1 unspecified atom stereocenters. The molecule has 9 rings (SSSR count). The van der Waals surface area contributed by atoms with Crippen LogP contribution in [-0.2, 0) is 54.6 Å². The fourth-order valence-corrected chi connectivity index (χ4v) is 11.5. The molecule has 3 aromatic carbocycles. The first-order valence-corrected chi connectivity index (χ1v) is 26.3. The predicted molar refractivity (Wildman–Crippen MR) is 275 cm³/mol. The number of aliphatic hydroxyl groups is 6. The summed E-state index contributed by atoms with van der Waals surface area (Å²) >= 11 is 10.7. The molecule has 0 bridgehead atoms. The van der Waals surface area contributed by atoms with Crippen molar-refractivity contribution < 1.29 is 68.1 Å². The number of hydrogen-bond donors (Lipinski definition) is 9. The van der Waals surface area contributed by atoms with Crippen LogP contribution in [-0.4, -0.2) is 142 Å². The zero-order chi connectivity index (χ0) is 55.4. The number of nitrogens with one attached hydrogen (secondary N) is 1. The van der Waals surface area contributed by atoms with Gasteiger partial charge in [-0.3, -0.25) is 28.9 Å². The second kappa shape index (κ2) is 21.3. The summed E-state index contributed by atoms with van der Waals surface area (Å²) in [5.74, 6) is -7.34. The van der Waals surface area contributed by atoms with Crippen LogP contribution in [0.5, 0.6) is 5.75 Å². The molecule has 0 spiro atoms. The number of amides is 2. The van der Waals surface area contributed by atoms with E-state index < -0.39 is 114 Å². The second-order valence-corrected chi connectivity index (χ2v) is 22.6. The number of nitrogens with two attached hydrogens (primary N) is 1. The van der Waals surface area contributed by atoms with Crippen molar-refractivity contribution in [3.63, 3.8) is 0 Å². The fourth-order valence-electron chi connectivity index (χ4n) is 10.8. The van der Waals surface area contributed by atoms with Gasteiger partial charge in [-0.2, -0.15) is 0 Å². The van der Waals surface area contributed by atoms with Crippen LogP contribution >= 0.6 is 23.2 Å². The molecule has 4 aliphatic carbocycles. The first-order valence-electron chi connectivity index (χ1n) is 23.6. The molecule has 10 N–H and O–H groups in total. The van der Waals surface area contributed by atoms with Crippen molar-refractivity contribution in [3.05, 3.63) is 130 Å². The number of primary amides is 1. The number of phenols is 1. The van der Waals surface area contributed by atoms with E-state index in [2.05, 4.69) is 38.6 Å². The van der Waals surface area contributed by atoms with Crippen LogP contribution in [0.4, 0.5) is 0 Å². The number of alkyl halides is 2. The fraction of sp³-hybridized carbons (Fsp3) is 0.385. The van der Waals surface area contributed by atoms with Crippen molar-refractivity contribution in [1.29, 1.82) is 0 Å². The van der Waals surface area contributed by atoms with E-state index in [1.165, 1.54) is 74.1 Å². The maximum atomic E-state index is 13.7. The predicted octanol–water partition coefficient (Wildman–Crippen LogP) is 3.16. The number of para-hydroxylation sites is 1. The molecule has 2 aromatic heterocycles. The average Bonchev–Trinajstić information content (AvgIpc) is 3.90. The molecule has 1 fully saturated rings. The van der Waals surface area contributed by atoms with Crippen LogP contribution in [0.2, 0.25) is 0 Å². The minimum absolute atomic E-state index is 0.0474. The number of halogens is 2. The molecule has 0 radical (unpaired) electrons. The van der Waals surface area contributed by atoms with Gasteiger partial charge in [0, 0.05) is 77.7 Å². The van der Waals surface area contributed by atoms with E-state index in [-0.39, 0.29) is 34.1 Å². The molecule has 23 heteroatoms. The van der Waals surface area contributed by atoms with Gasteiger partial charge in [0.25, 0.3) is 11.8 Å². The highest BCUT2D eigenvalue weighted by Gasteiger charge is 2.66. The molecule has 4 aliphatic rings. The number of nitrogens with zero attached hydrogens (tertiary/aromatic N) is 4. The summed E-state index contributed by atoms with van der Waals surface area (Å²) in [6.07, 6.45) is 5.26. The Hall–Kier alpha value is -6.43. The number of likely N-dealkylation sites (N-methyl/N-ethyl adjacent to an activating group) is 1. The monoisotopic (exact) mass is 1090 g/mol. The lowest BCUT2D eigenvalue weighted by Crippen LogP contribution is -2.67. The Morgan fingerprint density at radius 2 is 1.63 bits per heavy atom. The van der Waals surface area contributed by atoms with Gasteiger partial charge in [-0.1, -0.05) is 65.7 Å². The van der Waals surface area contributed by atoms with E-state index in [1.807, 2.05) is 25.3 Å². The number of Topliss-reactive ketones (excluding diaryl/α,β-unsaturated/α-hetero) is 3. The number of ketones is 3. The van der Waals surface area contributed by atoms with Crippen LogP contribution in [0, 0.1) is 24.7 Å². The molecule has 2 amide bonds. The van der Waals surface area contributed by atoms with Gasteiger partial charge in [0.05, 0.1) is 34.8 Å². The smallest absolute Gasteiger partial charge is 0.255 e. The number of phenolic OH excluding ortho intramolecular Hbond substituents is 1. The van der Waals surface area contributed by atoms with Crippen LogP contribution in [0.3, 0.4) is 0 Å². The highest BCUT2D eigenvalue weighted by molar-refractivity contribution is 7.90. The lowest BCUT2D eigenvalue weighted by Gasteiger charge is -2.53. The van der Waals surface area contributed by atoms with E-state index in [0.29, 0.717) is 5.56 Å². The molecule has 0 aliphatic heterocycles. The zero-order valence-corrected chi connectivity index (χ0v) is 43.9. The SMILES string of the molecule is CN(C)[C@@H]1C(=O)C(C(N)=O)=C(O)[C@@]2(O)C(=O)C3=C(O)c4c(O)cccc4[C@@](C)(O)[C@H]3C[C@@H]12.CS(=O)(=O)c1ccc([C@@H](O)[C@@H](CO)NC(=O)C(Cl)Cl)cc1.Cc1nccn1CC1CCc2c(c3ccccc3n2C)C1=O. The highest BCUT2D eigenvalue weighted by Crippen LogP contribution is 2.57. The van der Waals surface area contributed by atoms with Gasteiger partial charge in [-0.15, -0.1) is 0 Å². The van der Waals surface area contributed by atoms with Crippen molar-refractivity contribution >= 4 is 78.9 Å². The average molecular weight is 1090 g/mol. The summed E-state index contributed by atoms with van der Waals surface area (Å²) in [6.45, 7) is 3.57. The van der Waals surface area contributed by atoms with Crippen LogP contribution in [0.1, 0.15) is 64.4 Å². The normalized spacial score (nSPS) is 24.1. The van der Waals surface area contributed by atoms with Crippen LogP contribution in [0.25, 0.3) is 16.7 Å². The molecule has 20 nitrogen and oxygen atoms in total. The Morgan fingerprint density at radius 3 is 2.20 bits per heavy atom. The summed E-state index contributed by atoms with van der Waals surface area (Å²) in [5, 5.41) is 77.6. The summed E-state index contributed by atoms with van der Waals surface area (Å²) in [4.78, 5) is 67.4. The van der Waals surface area contributed by atoms with Crippen molar-refractivity contribution in [2.45, 2.75) is 78.8 Å². The first-order chi connectivity index (χ1) is 35.1. The number of aryl methyl sites for hydroxylation is 2.